The zero-order chi connectivity index (χ0) is 20.4. The fourth-order valence-electron chi connectivity index (χ4n) is 3.44. The zero-order valence-corrected chi connectivity index (χ0v) is 20.3. The third-order valence-corrected chi connectivity index (χ3v) is 5.26. The van der Waals surface area contributed by atoms with Crippen molar-refractivity contribution in [2.75, 3.05) is 73.0 Å². The zero-order valence-electron chi connectivity index (χ0n) is 17.9. The highest BCUT2D eigenvalue weighted by molar-refractivity contribution is 14.0. The van der Waals surface area contributed by atoms with E-state index in [1.165, 1.54) is 12.8 Å². The maximum absolute atomic E-state index is 12.6. The van der Waals surface area contributed by atoms with Gasteiger partial charge >= 0.3 is 0 Å². The van der Waals surface area contributed by atoms with E-state index in [2.05, 4.69) is 26.7 Å². The summed E-state index contributed by atoms with van der Waals surface area (Å²) in [6, 6.07) is 0. The molecule has 2 amide bonds. The standard InChI is InChI=1S/C20H36N6O2.HI/c1-4-9-21-20(22-16-18(27)23(2)3)26-14-12-24(13-15-26)17-19(28)25-10-7-5-6-8-11-25;/h4H,1,5-17H2,2-3H3,(H,21,22);1H. The van der Waals surface area contributed by atoms with Gasteiger partial charge in [-0.25, -0.2) is 4.99 Å². The molecule has 0 aliphatic carbocycles. The third-order valence-electron chi connectivity index (χ3n) is 5.26. The molecular weight excluding hydrogens is 483 g/mol. The topological polar surface area (TPSA) is 71.5 Å². The van der Waals surface area contributed by atoms with Crippen molar-refractivity contribution >= 4 is 41.8 Å². The maximum atomic E-state index is 12.6. The lowest BCUT2D eigenvalue weighted by atomic mass is 10.2. The van der Waals surface area contributed by atoms with Crippen molar-refractivity contribution in [1.29, 1.82) is 0 Å². The normalized spacial score (nSPS) is 18.5. The number of nitrogens with zero attached hydrogens (tertiary/aromatic N) is 5. The minimum atomic E-state index is -0.0282. The Morgan fingerprint density at radius 2 is 1.62 bits per heavy atom. The van der Waals surface area contributed by atoms with E-state index in [4.69, 9.17) is 0 Å². The summed E-state index contributed by atoms with van der Waals surface area (Å²) in [5, 5.41) is 3.24. The Balaban J connectivity index is 0.00000420. The average Bonchev–Trinajstić information content (AvgIpc) is 2.98. The van der Waals surface area contributed by atoms with Crippen LogP contribution in [0.2, 0.25) is 0 Å². The summed E-state index contributed by atoms with van der Waals surface area (Å²) in [6.45, 7) is 9.97. The van der Waals surface area contributed by atoms with Crippen LogP contribution in [0.3, 0.4) is 0 Å². The van der Waals surface area contributed by atoms with Crippen molar-refractivity contribution < 1.29 is 9.59 Å². The van der Waals surface area contributed by atoms with Gasteiger partial charge in [-0.1, -0.05) is 18.9 Å². The Morgan fingerprint density at radius 3 is 2.17 bits per heavy atom. The van der Waals surface area contributed by atoms with E-state index in [9.17, 15) is 9.59 Å². The van der Waals surface area contributed by atoms with Crippen LogP contribution in [0.15, 0.2) is 17.6 Å². The minimum Gasteiger partial charge on any atom is -0.353 e. The van der Waals surface area contributed by atoms with E-state index < -0.39 is 0 Å². The van der Waals surface area contributed by atoms with Crippen molar-refractivity contribution in [3.63, 3.8) is 0 Å². The highest BCUT2D eigenvalue weighted by Gasteiger charge is 2.24. The number of hydrogen-bond donors (Lipinski definition) is 1. The second-order valence-electron chi connectivity index (χ2n) is 7.66. The number of halogens is 1. The first-order valence-corrected chi connectivity index (χ1v) is 10.4. The molecule has 9 heteroatoms. The van der Waals surface area contributed by atoms with Gasteiger partial charge in [0.05, 0.1) is 6.54 Å². The van der Waals surface area contributed by atoms with Crippen molar-refractivity contribution in [1.82, 2.24) is 24.9 Å². The van der Waals surface area contributed by atoms with Crippen molar-refractivity contribution in [3.05, 3.63) is 12.7 Å². The van der Waals surface area contributed by atoms with Gasteiger partial charge in [0.25, 0.3) is 0 Å². The first kappa shape index (κ1) is 25.7. The van der Waals surface area contributed by atoms with Gasteiger partial charge in [-0.2, -0.15) is 0 Å². The summed E-state index contributed by atoms with van der Waals surface area (Å²) in [6.07, 6.45) is 6.50. The average molecular weight is 520 g/mol. The van der Waals surface area contributed by atoms with E-state index in [0.29, 0.717) is 13.1 Å². The number of carbonyl (C=O) groups excluding carboxylic acids is 2. The minimum absolute atomic E-state index is 0. The van der Waals surface area contributed by atoms with Crippen LogP contribution in [0.25, 0.3) is 0 Å². The van der Waals surface area contributed by atoms with Crippen molar-refractivity contribution in [3.8, 4) is 0 Å². The van der Waals surface area contributed by atoms with Gasteiger partial charge in [0.15, 0.2) is 5.96 Å². The van der Waals surface area contributed by atoms with E-state index >= 15 is 0 Å². The molecule has 0 atom stereocenters. The molecule has 0 aromatic carbocycles. The van der Waals surface area contributed by atoms with Gasteiger partial charge < -0.3 is 20.0 Å². The molecule has 0 saturated carbocycles. The number of guanidine groups is 1. The van der Waals surface area contributed by atoms with Crippen LogP contribution >= 0.6 is 24.0 Å². The molecule has 0 bridgehead atoms. The molecule has 2 rings (SSSR count). The molecule has 0 spiro atoms. The van der Waals surface area contributed by atoms with E-state index in [-0.39, 0.29) is 42.3 Å². The second-order valence-corrected chi connectivity index (χ2v) is 7.66. The number of piperazine rings is 1. The number of rotatable bonds is 6. The lowest BCUT2D eigenvalue weighted by molar-refractivity contribution is -0.132. The van der Waals surface area contributed by atoms with Crippen molar-refractivity contribution in [2.24, 2.45) is 4.99 Å². The van der Waals surface area contributed by atoms with Gasteiger partial charge in [-0.05, 0) is 12.8 Å². The highest BCUT2D eigenvalue weighted by atomic mass is 127. The third kappa shape index (κ3) is 8.90. The summed E-state index contributed by atoms with van der Waals surface area (Å²) in [5.41, 5.74) is 0. The molecule has 0 radical (unpaired) electrons. The highest BCUT2D eigenvalue weighted by Crippen LogP contribution is 2.11. The number of hydrogen-bond acceptors (Lipinski definition) is 4. The van der Waals surface area contributed by atoms with Gasteiger partial charge in [0.2, 0.25) is 11.8 Å². The second kappa shape index (κ2) is 13.8. The van der Waals surface area contributed by atoms with E-state index in [0.717, 1.165) is 58.1 Å². The summed E-state index contributed by atoms with van der Waals surface area (Å²) >= 11 is 0. The molecule has 166 valence electrons. The Hall–Kier alpha value is -1.36. The molecule has 8 nitrogen and oxygen atoms in total. The van der Waals surface area contributed by atoms with E-state index in [1.807, 2.05) is 4.90 Å². The van der Waals surface area contributed by atoms with Crippen LogP contribution in [0.1, 0.15) is 25.7 Å². The molecule has 1 N–H and O–H groups in total. The fourth-order valence-corrected chi connectivity index (χ4v) is 3.44. The van der Waals surface area contributed by atoms with E-state index in [1.54, 1.807) is 25.1 Å². The summed E-state index contributed by atoms with van der Waals surface area (Å²) in [7, 11) is 3.46. The number of likely N-dealkylation sites (N-methyl/N-ethyl adjacent to an activating group) is 1. The Morgan fingerprint density at radius 1 is 1.00 bits per heavy atom. The van der Waals surface area contributed by atoms with Crippen LogP contribution in [-0.2, 0) is 9.59 Å². The number of aliphatic imine (C=N–C) groups is 1. The molecule has 2 aliphatic heterocycles. The van der Waals surface area contributed by atoms with Crippen molar-refractivity contribution in [2.45, 2.75) is 25.7 Å². The molecule has 0 aromatic rings. The van der Waals surface area contributed by atoms with Crippen LogP contribution in [0, 0.1) is 0 Å². The Bertz CT molecular complexity index is 553. The molecule has 0 aromatic heterocycles. The number of nitrogens with one attached hydrogen (secondary N) is 1. The smallest absolute Gasteiger partial charge is 0.243 e. The Kier molecular flexibility index (Phi) is 12.2. The fraction of sp³-hybridized carbons (Fsp3) is 0.750. The van der Waals surface area contributed by atoms with Gasteiger partial charge in [0, 0.05) is 59.9 Å². The van der Waals surface area contributed by atoms with Gasteiger partial charge in [-0.15, -0.1) is 30.6 Å². The molecule has 2 fully saturated rings. The number of amides is 2. The number of likely N-dealkylation sites (tertiary alicyclic amines) is 1. The maximum Gasteiger partial charge on any atom is 0.243 e. The van der Waals surface area contributed by atoms with Gasteiger partial charge in [0.1, 0.15) is 6.54 Å². The molecule has 2 saturated heterocycles. The van der Waals surface area contributed by atoms with Crippen LogP contribution in [-0.4, -0.2) is 110 Å². The lowest BCUT2D eigenvalue weighted by Gasteiger charge is -2.37. The van der Waals surface area contributed by atoms with Crippen LogP contribution in [0.4, 0.5) is 0 Å². The molecule has 2 heterocycles. The largest absolute Gasteiger partial charge is 0.353 e. The first-order chi connectivity index (χ1) is 13.5. The predicted molar refractivity (Wildman–Crippen MR) is 128 cm³/mol. The summed E-state index contributed by atoms with van der Waals surface area (Å²) in [4.78, 5) is 36.9. The van der Waals surface area contributed by atoms with Crippen LogP contribution < -0.4 is 5.32 Å². The summed E-state index contributed by atoms with van der Waals surface area (Å²) in [5.74, 6) is 0.957. The molecular formula is C20H37IN6O2. The quantitative estimate of drug-likeness (QED) is 0.244. The molecule has 29 heavy (non-hydrogen) atoms. The lowest BCUT2D eigenvalue weighted by Crippen LogP contribution is -2.54. The number of carbonyl (C=O) groups is 2. The van der Waals surface area contributed by atoms with Crippen LogP contribution in [0.5, 0.6) is 0 Å². The van der Waals surface area contributed by atoms with Gasteiger partial charge in [-0.3, -0.25) is 14.5 Å². The SMILES string of the molecule is C=CCNC(=NCC(=O)N(C)C)N1CCN(CC(=O)N2CCCCCC2)CC1.I. The monoisotopic (exact) mass is 520 g/mol. The Labute approximate surface area is 192 Å². The first-order valence-electron chi connectivity index (χ1n) is 10.4. The molecule has 2 aliphatic rings. The molecule has 0 unspecified atom stereocenters. The predicted octanol–water partition coefficient (Wildman–Crippen LogP) is 0.844. The summed E-state index contributed by atoms with van der Waals surface area (Å²) < 4.78 is 0.